The molecule has 1 aliphatic heterocycles. The number of rotatable bonds is 3. The molecule has 0 bridgehead atoms. The molecule has 1 unspecified atom stereocenters. The molecule has 6 rings (SSSR count). The number of aromatic nitrogens is 3. The van der Waals surface area contributed by atoms with Crippen LogP contribution in [-0.4, -0.2) is 32.6 Å². The predicted octanol–water partition coefficient (Wildman–Crippen LogP) is 5.18. The number of imidazole rings is 1. The third kappa shape index (κ3) is 3.44. The lowest BCUT2D eigenvalue weighted by atomic mass is 9.73. The van der Waals surface area contributed by atoms with E-state index >= 15 is 0 Å². The number of nitrogens with zero attached hydrogens (tertiary/aromatic N) is 4. The minimum atomic E-state index is -0.316. The molecule has 2 aromatic carbocycles. The van der Waals surface area contributed by atoms with Crippen LogP contribution in [0.15, 0.2) is 48.8 Å². The second kappa shape index (κ2) is 8.45. The van der Waals surface area contributed by atoms with Crippen molar-refractivity contribution < 1.29 is 9.50 Å². The highest BCUT2D eigenvalue weighted by atomic mass is 35.5. The first-order chi connectivity index (χ1) is 16.9. The number of piperidine rings is 1. The summed E-state index contributed by atoms with van der Waals surface area (Å²) in [4.78, 5) is 11.6. The molecule has 0 saturated carbocycles. The molecule has 4 aromatic rings. The highest BCUT2D eigenvalue weighted by Crippen LogP contribution is 2.52. The fourth-order valence-electron chi connectivity index (χ4n) is 5.83. The zero-order valence-electron chi connectivity index (χ0n) is 18.9. The molecule has 3 heterocycles. The number of halogens is 3. The normalized spacial score (nSPS) is 19.0. The van der Waals surface area contributed by atoms with Gasteiger partial charge < -0.3 is 15.7 Å². The van der Waals surface area contributed by atoms with Gasteiger partial charge in [0.25, 0.3) is 0 Å². The van der Waals surface area contributed by atoms with E-state index in [4.69, 9.17) is 33.9 Å². The van der Waals surface area contributed by atoms with Gasteiger partial charge in [0.1, 0.15) is 17.2 Å². The van der Waals surface area contributed by atoms with Crippen LogP contribution in [0.25, 0.3) is 16.9 Å². The Kier molecular flexibility index (Phi) is 5.49. The highest BCUT2D eigenvalue weighted by molar-refractivity contribution is 6.43. The highest BCUT2D eigenvalue weighted by Gasteiger charge is 2.47. The fraction of sp³-hybridized carbons (Fsp3) is 0.308. The van der Waals surface area contributed by atoms with Gasteiger partial charge in [-0.3, -0.25) is 4.40 Å². The first-order valence-corrected chi connectivity index (χ1v) is 12.4. The van der Waals surface area contributed by atoms with E-state index in [1.165, 1.54) is 6.07 Å². The maximum absolute atomic E-state index is 14.5. The SMILES string of the molecule is NC1c2c(F)cccc2CC12CCN(c1nccn3c(-c4cccc(Cl)c4Cl)nc(CO)c13)CC2. The number of fused-ring (bicyclic) bond motifs is 2. The van der Waals surface area contributed by atoms with Crippen molar-refractivity contribution in [1.82, 2.24) is 14.4 Å². The van der Waals surface area contributed by atoms with Crippen molar-refractivity contribution in [1.29, 1.82) is 0 Å². The monoisotopic (exact) mass is 511 g/mol. The first-order valence-electron chi connectivity index (χ1n) is 11.6. The third-order valence-electron chi connectivity index (χ3n) is 7.67. The molecule has 1 spiro atoms. The maximum Gasteiger partial charge on any atom is 0.154 e. The lowest BCUT2D eigenvalue weighted by Crippen LogP contribution is -2.44. The molecule has 9 heteroatoms. The van der Waals surface area contributed by atoms with Gasteiger partial charge in [0.2, 0.25) is 0 Å². The smallest absolute Gasteiger partial charge is 0.154 e. The number of hydrogen-bond acceptors (Lipinski definition) is 5. The summed E-state index contributed by atoms with van der Waals surface area (Å²) in [6.45, 7) is 1.20. The van der Waals surface area contributed by atoms with Crippen molar-refractivity contribution in [2.24, 2.45) is 11.1 Å². The number of anilines is 1. The van der Waals surface area contributed by atoms with Crippen molar-refractivity contribution in [2.45, 2.75) is 31.9 Å². The Bertz CT molecular complexity index is 1450. The van der Waals surface area contributed by atoms with Crippen molar-refractivity contribution in [3.63, 3.8) is 0 Å². The molecule has 35 heavy (non-hydrogen) atoms. The van der Waals surface area contributed by atoms with Gasteiger partial charge in [0.05, 0.1) is 22.3 Å². The summed E-state index contributed by atoms with van der Waals surface area (Å²) < 4.78 is 16.4. The van der Waals surface area contributed by atoms with Crippen LogP contribution >= 0.6 is 23.2 Å². The van der Waals surface area contributed by atoms with E-state index in [0.29, 0.717) is 32.7 Å². The topological polar surface area (TPSA) is 79.7 Å². The molecule has 0 radical (unpaired) electrons. The number of hydrogen-bond donors (Lipinski definition) is 2. The van der Waals surface area contributed by atoms with Gasteiger partial charge in [-0.25, -0.2) is 14.4 Å². The Morgan fingerprint density at radius 2 is 1.91 bits per heavy atom. The van der Waals surface area contributed by atoms with Gasteiger partial charge in [-0.15, -0.1) is 0 Å². The summed E-state index contributed by atoms with van der Waals surface area (Å²) >= 11 is 12.7. The molecular weight excluding hydrogens is 488 g/mol. The van der Waals surface area contributed by atoms with Crippen molar-refractivity contribution >= 4 is 34.5 Å². The summed E-state index contributed by atoms with van der Waals surface area (Å²) in [7, 11) is 0. The number of benzene rings is 2. The molecule has 1 atom stereocenters. The summed E-state index contributed by atoms with van der Waals surface area (Å²) in [5.41, 5.74) is 10.1. The Balaban J connectivity index is 1.36. The summed E-state index contributed by atoms with van der Waals surface area (Å²) in [5.74, 6) is 1.13. The van der Waals surface area contributed by atoms with Gasteiger partial charge in [-0.05, 0) is 48.4 Å². The molecule has 2 aliphatic rings. The predicted molar refractivity (Wildman–Crippen MR) is 135 cm³/mol. The van der Waals surface area contributed by atoms with Crippen LogP contribution in [0.2, 0.25) is 10.0 Å². The number of aliphatic hydroxyl groups excluding tert-OH is 1. The minimum Gasteiger partial charge on any atom is -0.390 e. The average Bonchev–Trinajstić information content (AvgIpc) is 3.37. The van der Waals surface area contributed by atoms with Crippen LogP contribution < -0.4 is 10.6 Å². The molecule has 6 nitrogen and oxygen atoms in total. The Labute approximate surface area is 212 Å². The standard InChI is InChI=1S/C26H24Cl2FN5O/c27-17-5-2-4-16(21(17)28)24-32-19(14-35)22-25(31-9-12-34(22)24)33-10-7-26(8-11-33)13-15-3-1-6-18(29)20(15)23(26)30/h1-6,9,12,23,35H,7-8,10-11,13-14,30H2. The van der Waals surface area contributed by atoms with Crippen LogP contribution in [0.1, 0.15) is 35.7 Å². The van der Waals surface area contributed by atoms with Crippen LogP contribution in [0.4, 0.5) is 10.2 Å². The molecule has 3 N–H and O–H groups in total. The molecule has 0 amide bonds. The second-order valence-electron chi connectivity index (χ2n) is 9.43. The average molecular weight is 512 g/mol. The van der Waals surface area contributed by atoms with Crippen molar-refractivity contribution in [3.05, 3.63) is 81.5 Å². The first kappa shape index (κ1) is 22.7. The molecule has 1 saturated heterocycles. The fourth-order valence-corrected chi connectivity index (χ4v) is 6.22. The van der Waals surface area contributed by atoms with Gasteiger partial charge in [-0.2, -0.15) is 0 Å². The largest absolute Gasteiger partial charge is 0.390 e. The van der Waals surface area contributed by atoms with Gasteiger partial charge >= 0.3 is 0 Å². The van der Waals surface area contributed by atoms with Gasteiger partial charge in [-0.1, -0.05) is 41.4 Å². The second-order valence-corrected chi connectivity index (χ2v) is 10.2. The zero-order valence-corrected chi connectivity index (χ0v) is 20.4. The van der Waals surface area contributed by atoms with E-state index in [1.54, 1.807) is 18.3 Å². The van der Waals surface area contributed by atoms with E-state index in [0.717, 1.165) is 49.2 Å². The third-order valence-corrected chi connectivity index (χ3v) is 8.48. The lowest BCUT2D eigenvalue weighted by molar-refractivity contribution is 0.186. The van der Waals surface area contributed by atoms with Gasteiger partial charge in [0, 0.05) is 42.7 Å². The Hall–Kier alpha value is -2.71. The quantitative estimate of drug-likeness (QED) is 0.396. The molecule has 1 fully saturated rings. The van der Waals surface area contributed by atoms with Crippen molar-refractivity contribution in [2.75, 3.05) is 18.0 Å². The van der Waals surface area contributed by atoms with Crippen LogP contribution in [0, 0.1) is 11.2 Å². The lowest BCUT2D eigenvalue weighted by Gasteiger charge is -2.42. The summed E-state index contributed by atoms with van der Waals surface area (Å²) in [6, 6.07) is 10.3. The summed E-state index contributed by atoms with van der Waals surface area (Å²) in [6.07, 6.45) is 5.97. The van der Waals surface area contributed by atoms with Crippen LogP contribution in [-0.2, 0) is 13.0 Å². The zero-order chi connectivity index (χ0) is 24.3. The van der Waals surface area contributed by atoms with Crippen LogP contribution in [0.3, 0.4) is 0 Å². The van der Waals surface area contributed by atoms with Crippen molar-refractivity contribution in [3.8, 4) is 11.4 Å². The Morgan fingerprint density at radius 3 is 2.66 bits per heavy atom. The van der Waals surface area contributed by atoms with Gasteiger partial charge in [0.15, 0.2) is 5.82 Å². The maximum atomic E-state index is 14.5. The van der Waals surface area contributed by atoms with E-state index in [9.17, 15) is 9.50 Å². The van der Waals surface area contributed by atoms with E-state index < -0.39 is 0 Å². The minimum absolute atomic E-state index is 0.161. The molecular formula is C26H24Cl2FN5O. The Morgan fingerprint density at radius 1 is 1.14 bits per heavy atom. The van der Waals surface area contributed by atoms with E-state index in [2.05, 4.69) is 9.88 Å². The number of aliphatic hydroxyl groups is 1. The summed E-state index contributed by atoms with van der Waals surface area (Å²) in [5, 5.41) is 11.0. The number of nitrogens with two attached hydrogens (primary N) is 1. The molecule has 180 valence electrons. The molecule has 2 aromatic heterocycles. The molecule has 1 aliphatic carbocycles. The van der Waals surface area contributed by atoms with E-state index in [-0.39, 0.29) is 23.9 Å². The van der Waals surface area contributed by atoms with Crippen LogP contribution in [0.5, 0.6) is 0 Å². The van der Waals surface area contributed by atoms with E-state index in [1.807, 2.05) is 28.8 Å².